The maximum Gasteiger partial charge on any atom is 0.253 e. The van der Waals surface area contributed by atoms with Crippen molar-refractivity contribution in [3.05, 3.63) is 66.1 Å². The highest BCUT2D eigenvalue weighted by Crippen LogP contribution is 2.23. The predicted molar refractivity (Wildman–Crippen MR) is 105 cm³/mol. The summed E-state index contributed by atoms with van der Waals surface area (Å²) in [6.07, 6.45) is 5.08. The third-order valence-electron chi connectivity index (χ3n) is 4.53. The molecule has 0 radical (unpaired) electrons. The second kappa shape index (κ2) is 7.93. The summed E-state index contributed by atoms with van der Waals surface area (Å²) in [6.45, 7) is 3.47. The van der Waals surface area contributed by atoms with Gasteiger partial charge in [-0.25, -0.2) is 4.98 Å². The molecule has 3 aromatic rings. The number of amides is 1. The Morgan fingerprint density at radius 1 is 1.12 bits per heavy atom. The van der Waals surface area contributed by atoms with Gasteiger partial charge >= 0.3 is 0 Å². The Bertz CT molecular complexity index is 849. The van der Waals surface area contributed by atoms with Gasteiger partial charge in [-0.1, -0.05) is 6.07 Å². The van der Waals surface area contributed by atoms with Crippen molar-refractivity contribution in [1.29, 1.82) is 0 Å². The predicted octanol–water partition coefficient (Wildman–Crippen LogP) is 3.06. The minimum Gasteiger partial charge on any atom is -0.337 e. The Balaban J connectivity index is 1.38. The van der Waals surface area contributed by atoms with Gasteiger partial charge in [0.15, 0.2) is 0 Å². The number of hydrogen-bond donors (Lipinski definition) is 1. The molecule has 0 aliphatic carbocycles. The molecule has 0 unspecified atom stereocenters. The fourth-order valence-electron chi connectivity index (χ4n) is 3.14. The summed E-state index contributed by atoms with van der Waals surface area (Å²) in [5.41, 5.74) is 2.79. The van der Waals surface area contributed by atoms with E-state index in [4.69, 9.17) is 0 Å². The van der Waals surface area contributed by atoms with Crippen molar-refractivity contribution in [2.24, 2.45) is 0 Å². The number of aromatic nitrogens is 2. The van der Waals surface area contributed by atoms with Crippen LogP contribution in [0.1, 0.15) is 22.5 Å². The lowest BCUT2D eigenvalue weighted by Crippen LogP contribution is -2.34. The fourth-order valence-corrected chi connectivity index (χ4v) is 3.92. The van der Waals surface area contributed by atoms with Crippen LogP contribution < -0.4 is 5.32 Å². The number of thioether (sulfide) groups is 1. The van der Waals surface area contributed by atoms with E-state index in [1.807, 2.05) is 58.0 Å². The molecule has 3 heterocycles. The van der Waals surface area contributed by atoms with Crippen molar-refractivity contribution < 1.29 is 4.79 Å². The third kappa shape index (κ3) is 3.92. The van der Waals surface area contributed by atoms with Crippen LogP contribution in [0.5, 0.6) is 0 Å². The number of hydrogen-bond acceptors (Lipinski definition) is 4. The number of benzene rings is 1. The van der Waals surface area contributed by atoms with Crippen molar-refractivity contribution >= 4 is 23.3 Å². The van der Waals surface area contributed by atoms with E-state index in [2.05, 4.69) is 16.5 Å². The summed E-state index contributed by atoms with van der Waals surface area (Å²) in [5.74, 6) is 0.942. The van der Waals surface area contributed by atoms with Gasteiger partial charge in [-0.3, -0.25) is 4.79 Å². The first-order chi connectivity index (χ1) is 12.8. The number of carbonyl (C=O) groups excluding carboxylic acids is 1. The lowest BCUT2D eigenvalue weighted by molar-refractivity contribution is 0.0766. The standard InChI is InChI=1S/C20H22N4OS/c25-20(23-12-3-9-21-10-13-23)16-5-7-18(8-6-16)26-15-17-14-24-11-2-1-4-19(24)22-17/h1-2,4-8,11,14,21H,3,9-10,12-13,15H2. The van der Waals surface area contributed by atoms with Gasteiger partial charge in [0.1, 0.15) is 5.65 Å². The second-order valence-electron chi connectivity index (χ2n) is 6.41. The Hall–Kier alpha value is -2.31. The molecular weight excluding hydrogens is 344 g/mol. The van der Waals surface area contributed by atoms with Gasteiger partial charge in [-0.2, -0.15) is 0 Å². The number of rotatable bonds is 4. The molecule has 0 spiro atoms. The van der Waals surface area contributed by atoms with E-state index in [0.29, 0.717) is 0 Å². The highest BCUT2D eigenvalue weighted by Gasteiger charge is 2.16. The minimum absolute atomic E-state index is 0.130. The first-order valence-corrected chi connectivity index (χ1v) is 9.94. The zero-order valence-corrected chi connectivity index (χ0v) is 15.4. The highest BCUT2D eigenvalue weighted by atomic mass is 32.2. The van der Waals surface area contributed by atoms with Crippen LogP contribution in [0.15, 0.2) is 59.8 Å². The summed E-state index contributed by atoms with van der Waals surface area (Å²) < 4.78 is 2.04. The first kappa shape index (κ1) is 17.1. The Morgan fingerprint density at radius 3 is 2.85 bits per heavy atom. The quantitative estimate of drug-likeness (QED) is 0.721. The number of pyridine rings is 1. The molecule has 0 bridgehead atoms. The van der Waals surface area contributed by atoms with E-state index in [-0.39, 0.29) is 5.91 Å². The van der Waals surface area contributed by atoms with Crippen LogP contribution in [0.2, 0.25) is 0 Å². The number of imidazole rings is 1. The minimum atomic E-state index is 0.130. The lowest BCUT2D eigenvalue weighted by atomic mass is 10.2. The van der Waals surface area contributed by atoms with Crippen LogP contribution in [0, 0.1) is 0 Å². The van der Waals surface area contributed by atoms with Gasteiger partial charge in [0, 0.05) is 48.2 Å². The molecule has 5 nitrogen and oxygen atoms in total. The molecule has 1 aromatic carbocycles. The molecule has 1 saturated heterocycles. The maximum atomic E-state index is 12.6. The smallest absolute Gasteiger partial charge is 0.253 e. The maximum absolute atomic E-state index is 12.6. The average Bonchev–Trinajstić information content (AvgIpc) is 2.90. The van der Waals surface area contributed by atoms with Gasteiger partial charge in [0.2, 0.25) is 0 Å². The molecular formula is C20H22N4OS. The molecule has 0 atom stereocenters. The largest absolute Gasteiger partial charge is 0.337 e. The normalized spacial score (nSPS) is 15.2. The Labute approximate surface area is 157 Å². The topological polar surface area (TPSA) is 49.6 Å². The van der Waals surface area contributed by atoms with Crippen LogP contribution >= 0.6 is 11.8 Å². The molecule has 26 heavy (non-hydrogen) atoms. The van der Waals surface area contributed by atoms with Gasteiger partial charge in [-0.05, 0) is 49.4 Å². The molecule has 1 aliphatic rings. The molecule has 1 fully saturated rings. The number of fused-ring (bicyclic) bond motifs is 1. The fraction of sp³-hybridized carbons (Fsp3) is 0.300. The van der Waals surface area contributed by atoms with Crippen LogP contribution in [0.4, 0.5) is 0 Å². The molecule has 134 valence electrons. The van der Waals surface area contributed by atoms with E-state index >= 15 is 0 Å². The van der Waals surface area contributed by atoms with E-state index in [9.17, 15) is 4.79 Å². The zero-order chi connectivity index (χ0) is 17.8. The molecule has 0 saturated carbocycles. The molecule has 2 aromatic heterocycles. The van der Waals surface area contributed by atoms with E-state index < -0.39 is 0 Å². The van der Waals surface area contributed by atoms with Crippen molar-refractivity contribution in [3.63, 3.8) is 0 Å². The van der Waals surface area contributed by atoms with Crippen LogP contribution in [-0.4, -0.2) is 46.4 Å². The van der Waals surface area contributed by atoms with Crippen molar-refractivity contribution in [2.75, 3.05) is 26.2 Å². The van der Waals surface area contributed by atoms with E-state index in [0.717, 1.165) is 60.2 Å². The van der Waals surface area contributed by atoms with Crippen molar-refractivity contribution in [1.82, 2.24) is 19.6 Å². The van der Waals surface area contributed by atoms with Gasteiger partial charge in [0.05, 0.1) is 5.69 Å². The summed E-state index contributed by atoms with van der Waals surface area (Å²) in [4.78, 5) is 20.3. The number of nitrogens with one attached hydrogen (secondary N) is 1. The number of nitrogens with zero attached hydrogens (tertiary/aromatic N) is 3. The second-order valence-corrected chi connectivity index (χ2v) is 7.46. The summed E-state index contributed by atoms with van der Waals surface area (Å²) >= 11 is 1.74. The van der Waals surface area contributed by atoms with Gasteiger partial charge < -0.3 is 14.6 Å². The number of carbonyl (C=O) groups is 1. The highest BCUT2D eigenvalue weighted by molar-refractivity contribution is 7.98. The summed E-state index contributed by atoms with van der Waals surface area (Å²) in [5, 5.41) is 3.33. The van der Waals surface area contributed by atoms with E-state index in [1.165, 1.54) is 0 Å². The molecule has 6 heteroatoms. The van der Waals surface area contributed by atoms with Gasteiger partial charge in [-0.15, -0.1) is 11.8 Å². The molecule has 1 amide bonds. The van der Waals surface area contributed by atoms with Gasteiger partial charge in [0.25, 0.3) is 5.91 Å². The molecule has 1 aliphatic heterocycles. The lowest BCUT2D eigenvalue weighted by Gasteiger charge is -2.20. The Morgan fingerprint density at radius 2 is 2.00 bits per heavy atom. The Kier molecular flexibility index (Phi) is 5.22. The third-order valence-corrected chi connectivity index (χ3v) is 5.57. The summed E-state index contributed by atoms with van der Waals surface area (Å²) in [7, 11) is 0. The van der Waals surface area contributed by atoms with Crippen molar-refractivity contribution in [3.8, 4) is 0 Å². The monoisotopic (exact) mass is 366 g/mol. The zero-order valence-electron chi connectivity index (χ0n) is 14.6. The van der Waals surface area contributed by atoms with Crippen LogP contribution in [0.25, 0.3) is 5.65 Å². The summed E-state index contributed by atoms with van der Waals surface area (Å²) in [6, 6.07) is 13.9. The molecule has 4 rings (SSSR count). The van der Waals surface area contributed by atoms with Crippen LogP contribution in [-0.2, 0) is 5.75 Å². The molecule has 1 N–H and O–H groups in total. The van der Waals surface area contributed by atoms with Crippen molar-refractivity contribution in [2.45, 2.75) is 17.1 Å². The first-order valence-electron chi connectivity index (χ1n) is 8.95. The van der Waals surface area contributed by atoms with E-state index in [1.54, 1.807) is 11.8 Å². The SMILES string of the molecule is O=C(c1ccc(SCc2cn3ccccc3n2)cc1)N1CCCNCC1. The average molecular weight is 366 g/mol. The van der Waals surface area contributed by atoms with Crippen LogP contribution in [0.3, 0.4) is 0 Å².